The number of benzene rings is 2. The van der Waals surface area contributed by atoms with Crippen molar-refractivity contribution in [2.75, 3.05) is 5.32 Å². The Labute approximate surface area is 147 Å². The van der Waals surface area contributed by atoms with E-state index in [2.05, 4.69) is 10.0 Å². The largest absolute Gasteiger partial charge is 0.322 e. The summed E-state index contributed by atoms with van der Waals surface area (Å²) in [5, 5.41) is 2.56. The first-order valence-corrected chi connectivity index (χ1v) is 9.18. The van der Waals surface area contributed by atoms with Crippen LogP contribution in [0.15, 0.2) is 47.4 Å². The lowest BCUT2D eigenvalue weighted by molar-refractivity contribution is 0.102. The topological polar surface area (TPSA) is 75.3 Å². The van der Waals surface area contributed by atoms with Crippen LogP contribution in [0.4, 0.5) is 10.1 Å². The van der Waals surface area contributed by atoms with E-state index in [4.69, 9.17) is 0 Å². The number of hydrogen-bond donors (Lipinski definition) is 2. The highest BCUT2D eigenvalue weighted by Crippen LogP contribution is 2.17. The van der Waals surface area contributed by atoms with Crippen molar-refractivity contribution >= 4 is 21.6 Å². The fourth-order valence-corrected chi connectivity index (χ4v) is 3.60. The number of sulfonamides is 1. The number of hydrogen-bond acceptors (Lipinski definition) is 3. The van der Waals surface area contributed by atoms with Crippen LogP contribution in [0.2, 0.25) is 0 Å². The summed E-state index contributed by atoms with van der Waals surface area (Å²) in [4.78, 5) is 12.3. The zero-order valence-electron chi connectivity index (χ0n) is 14.6. The highest BCUT2D eigenvalue weighted by molar-refractivity contribution is 7.89. The summed E-state index contributed by atoms with van der Waals surface area (Å²) in [6.45, 7) is 6.81. The molecular weight excluding hydrogens is 343 g/mol. The van der Waals surface area contributed by atoms with Gasteiger partial charge in [-0.05, 0) is 63.6 Å². The van der Waals surface area contributed by atoms with Gasteiger partial charge in [0.05, 0.1) is 4.90 Å². The van der Waals surface area contributed by atoms with Crippen LogP contribution >= 0.6 is 0 Å². The predicted octanol–water partition coefficient (Wildman–Crippen LogP) is 3.46. The quantitative estimate of drug-likeness (QED) is 0.872. The van der Waals surface area contributed by atoms with Gasteiger partial charge in [-0.25, -0.2) is 17.5 Å². The van der Waals surface area contributed by atoms with Crippen LogP contribution in [0, 0.1) is 12.7 Å². The molecule has 7 heteroatoms. The standard InChI is InChI=1S/C18H21FN2O3S/c1-12-8-9-14(11-16(12)19)20-17(22)13-6-5-7-15(10-13)25(23,24)21-18(2,3)4/h5-11,21H,1-4H3,(H,20,22). The van der Waals surface area contributed by atoms with Crippen LogP contribution in [0.3, 0.4) is 0 Å². The first kappa shape index (κ1) is 19.1. The summed E-state index contributed by atoms with van der Waals surface area (Å²) in [6, 6.07) is 10.0. The van der Waals surface area contributed by atoms with Gasteiger partial charge in [0.25, 0.3) is 5.91 Å². The van der Waals surface area contributed by atoms with Crippen molar-refractivity contribution < 1.29 is 17.6 Å². The van der Waals surface area contributed by atoms with Crippen LogP contribution < -0.4 is 10.0 Å². The summed E-state index contributed by atoms with van der Waals surface area (Å²) >= 11 is 0. The average molecular weight is 364 g/mol. The minimum atomic E-state index is -3.75. The second kappa shape index (κ2) is 6.93. The number of carbonyl (C=O) groups is 1. The molecule has 2 rings (SSSR count). The Hall–Kier alpha value is -2.25. The molecule has 0 atom stereocenters. The predicted molar refractivity (Wildman–Crippen MR) is 95.6 cm³/mol. The van der Waals surface area contributed by atoms with Crippen LogP contribution in [-0.4, -0.2) is 19.9 Å². The van der Waals surface area contributed by atoms with Crippen LogP contribution in [-0.2, 0) is 10.0 Å². The second-order valence-corrected chi connectivity index (χ2v) is 8.48. The maximum Gasteiger partial charge on any atom is 0.255 e. The van der Waals surface area contributed by atoms with Gasteiger partial charge in [-0.15, -0.1) is 0 Å². The van der Waals surface area contributed by atoms with Crippen molar-refractivity contribution in [1.29, 1.82) is 0 Å². The van der Waals surface area contributed by atoms with Gasteiger partial charge in [0.2, 0.25) is 10.0 Å². The number of aryl methyl sites for hydroxylation is 1. The fourth-order valence-electron chi connectivity index (χ4n) is 2.14. The van der Waals surface area contributed by atoms with Gasteiger partial charge in [0, 0.05) is 16.8 Å². The molecule has 25 heavy (non-hydrogen) atoms. The molecule has 0 radical (unpaired) electrons. The van der Waals surface area contributed by atoms with E-state index in [1.54, 1.807) is 39.8 Å². The lowest BCUT2D eigenvalue weighted by atomic mass is 10.1. The van der Waals surface area contributed by atoms with Gasteiger partial charge in [0.1, 0.15) is 5.82 Å². The van der Waals surface area contributed by atoms with Crippen LogP contribution in [0.5, 0.6) is 0 Å². The lowest BCUT2D eigenvalue weighted by Crippen LogP contribution is -2.40. The van der Waals surface area contributed by atoms with Gasteiger partial charge in [-0.3, -0.25) is 4.79 Å². The highest BCUT2D eigenvalue weighted by Gasteiger charge is 2.22. The van der Waals surface area contributed by atoms with E-state index in [9.17, 15) is 17.6 Å². The monoisotopic (exact) mass is 364 g/mol. The molecule has 0 aliphatic heterocycles. The summed E-state index contributed by atoms with van der Waals surface area (Å²) in [5.41, 5.74) is 0.294. The molecule has 0 aliphatic carbocycles. The number of amides is 1. The molecule has 2 aromatic rings. The molecular formula is C18H21FN2O3S. The fraction of sp³-hybridized carbons (Fsp3) is 0.278. The smallest absolute Gasteiger partial charge is 0.255 e. The maximum absolute atomic E-state index is 13.6. The van der Waals surface area contributed by atoms with Gasteiger partial charge >= 0.3 is 0 Å². The first-order chi connectivity index (χ1) is 11.5. The van der Waals surface area contributed by atoms with E-state index in [1.165, 1.54) is 30.3 Å². The number of rotatable bonds is 4. The Kier molecular flexibility index (Phi) is 5.29. The minimum Gasteiger partial charge on any atom is -0.322 e. The summed E-state index contributed by atoms with van der Waals surface area (Å²) in [6.07, 6.45) is 0. The summed E-state index contributed by atoms with van der Waals surface area (Å²) in [7, 11) is -3.75. The zero-order chi connectivity index (χ0) is 18.8. The molecule has 1 amide bonds. The first-order valence-electron chi connectivity index (χ1n) is 7.69. The van der Waals surface area contributed by atoms with Crippen LogP contribution in [0.25, 0.3) is 0 Å². The van der Waals surface area contributed by atoms with Crippen LogP contribution in [0.1, 0.15) is 36.7 Å². The molecule has 0 spiro atoms. The molecule has 0 heterocycles. The van der Waals surface area contributed by atoms with Gasteiger partial charge in [-0.1, -0.05) is 12.1 Å². The molecule has 0 fully saturated rings. The van der Waals surface area contributed by atoms with Gasteiger partial charge in [-0.2, -0.15) is 0 Å². The SMILES string of the molecule is Cc1ccc(NC(=O)c2cccc(S(=O)(=O)NC(C)(C)C)c2)cc1F. The van der Waals surface area contributed by atoms with E-state index in [1.807, 2.05) is 0 Å². The van der Waals surface area contributed by atoms with Crippen molar-refractivity contribution in [3.8, 4) is 0 Å². The van der Waals surface area contributed by atoms with E-state index in [0.29, 0.717) is 11.3 Å². The van der Waals surface area contributed by atoms with Crippen molar-refractivity contribution in [2.24, 2.45) is 0 Å². The molecule has 0 unspecified atom stereocenters. The third kappa shape index (κ3) is 5.11. The molecule has 0 saturated carbocycles. The highest BCUT2D eigenvalue weighted by atomic mass is 32.2. The molecule has 2 aromatic carbocycles. The average Bonchev–Trinajstić information content (AvgIpc) is 2.49. The molecule has 0 saturated heterocycles. The van der Waals surface area contributed by atoms with Gasteiger partial charge in [0.15, 0.2) is 0 Å². The number of carbonyl (C=O) groups excluding carboxylic acids is 1. The Morgan fingerprint density at radius 1 is 1.08 bits per heavy atom. The van der Waals surface area contributed by atoms with E-state index in [0.717, 1.165) is 0 Å². The molecule has 134 valence electrons. The van der Waals surface area contributed by atoms with E-state index in [-0.39, 0.29) is 10.5 Å². The molecule has 0 bridgehead atoms. The molecule has 0 aliphatic rings. The Bertz CT molecular complexity index is 903. The summed E-state index contributed by atoms with van der Waals surface area (Å²) < 4.78 is 40.8. The van der Waals surface area contributed by atoms with Crippen molar-refractivity contribution in [1.82, 2.24) is 4.72 Å². The molecule has 5 nitrogen and oxygen atoms in total. The minimum absolute atomic E-state index is 0.00911. The molecule has 0 aromatic heterocycles. The van der Waals surface area contributed by atoms with Crippen molar-refractivity contribution in [3.63, 3.8) is 0 Å². The maximum atomic E-state index is 13.6. The third-order valence-corrected chi connectivity index (χ3v) is 5.03. The lowest BCUT2D eigenvalue weighted by Gasteiger charge is -2.20. The number of nitrogens with one attached hydrogen (secondary N) is 2. The Balaban J connectivity index is 2.25. The number of anilines is 1. The van der Waals surface area contributed by atoms with E-state index < -0.39 is 27.3 Å². The van der Waals surface area contributed by atoms with E-state index >= 15 is 0 Å². The Morgan fingerprint density at radius 3 is 2.36 bits per heavy atom. The normalized spacial score (nSPS) is 12.0. The zero-order valence-corrected chi connectivity index (χ0v) is 15.4. The van der Waals surface area contributed by atoms with Crippen molar-refractivity contribution in [3.05, 3.63) is 59.4 Å². The summed E-state index contributed by atoms with van der Waals surface area (Å²) in [5.74, 6) is -0.945. The Morgan fingerprint density at radius 2 is 1.76 bits per heavy atom. The molecule has 2 N–H and O–H groups in total. The number of halogens is 1. The van der Waals surface area contributed by atoms with Gasteiger partial charge < -0.3 is 5.32 Å². The second-order valence-electron chi connectivity index (χ2n) is 6.80. The third-order valence-electron chi connectivity index (χ3n) is 3.28. The van der Waals surface area contributed by atoms with Crippen molar-refractivity contribution in [2.45, 2.75) is 38.1 Å².